The SMILES string of the molecule is COC(=O)c1cccc(COCCC2CCN(c3nnc(NC(=O)Cc4ccccc4)s3)CC2)c1. The smallest absolute Gasteiger partial charge is 0.337 e. The van der Waals surface area contributed by atoms with Crippen LogP contribution < -0.4 is 10.2 Å². The van der Waals surface area contributed by atoms with Gasteiger partial charge in [0.05, 0.1) is 25.7 Å². The predicted octanol–water partition coefficient (Wildman–Crippen LogP) is 4.33. The van der Waals surface area contributed by atoms with Crippen LogP contribution in [0.5, 0.6) is 0 Å². The summed E-state index contributed by atoms with van der Waals surface area (Å²) in [7, 11) is 1.38. The second kappa shape index (κ2) is 12.4. The summed E-state index contributed by atoms with van der Waals surface area (Å²) in [6, 6.07) is 17.0. The molecule has 1 saturated heterocycles. The lowest BCUT2D eigenvalue weighted by atomic mass is 9.94. The number of methoxy groups -OCH3 is 1. The van der Waals surface area contributed by atoms with Crippen molar-refractivity contribution in [2.24, 2.45) is 5.92 Å². The topological polar surface area (TPSA) is 93.7 Å². The molecule has 1 aliphatic heterocycles. The Labute approximate surface area is 209 Å². The van der Waals surface area contributed by atoms with Crippen LogP contribution in [0.25, 0.3) is 0 Å². The Hall–Kier alpha value is -3.30. The maximum absolute atomic E-state index is 12.3. The number of carbonyl (C=O) groups is 2. The van der Waals surface area contributed by atoms with Crippen LogP contribution in [-0.2, 0) is 27.3 Å². The monoisotopic (exact) mass is 494 g/mol. The fraction of sp³-hybridized carbons (Fsp3) is 0.385. The Kier molecular flexibility index (Phi) is 8.80. The molecule has 0 saturated carbocycles. The van der Waals surface area contributed by atoms with Crippen LogP contribution in [0.15, 0.2) is 54.6 Å². The molecule has 184 valence electrons. The van der Waals surface area contributed by atoms with E-state index in [1.807, 2.05) is 48.5 Å². The molecule has 0 bridgehead atoms. The molecule has 1 aliphatic rings. The van der Waals surface area contributed by atoms with E-state index < -0.39 is 0 Å². The summed E-state index contributed by atoms with van der Waals surface area (Å²) in [5.74, 6) is 0.177. The molecule has 0 aliphatic carbocycles. The molecule has 4 rings (SSSR count). The van der Waals surface area contributed by atoms with E-state index in [0.29, 0.717) is 36.2 Å². The number of anilines is 2. The Bertz CT molecular complexity index is 1110. The first kappa shape index (κ1) is 24.8. The molecular formula is C26H30N4O4S. The third-order valence-electron chi connectivity index (χ3n) is 6.04. The van der Waals surface area contributed by atoms with Crippen LogP contribution in [0.3, 0.4) is 0 Å². The number of hydrogen-bond donors (Lipinski definition) is 1. The van der Waals surface area contributed by atoms with E-state index in [1.165, 1.54) is 18.4 Å². The molecule has 1 fully saturated rings. The molecular weight excluding hydrogens is 464 g/mol. The zero-order chi connectivity index (χ0) is 24.5. The third-order valence-corrected chi connectivity index (χ3v) is 6.94. The molecule has 1 amide bonds. The number of aromatic nitrogens is 2. The molecule has 1 aromatic heterocycles. The molecule has 8 nitrogen and oxygen atoms in total. The van der Waals surface area contributed by atoms with Gasteiger partial charge in [0.15, 0.2) is 0 Å². The van der Waals surface area contributed by atoms with Gasteiger partial charge in [-0.3, -0.25) is 4.79 Å². The average molecular weight is 495 g/mol. The Morgan fingerprint density at radius 3 is 2.60 bits per heavy atom. The number of nitrogens with one attached hydrogen (secondary N) is 1. The van der Waals surface area contributed by atoms with Gasteiger partial charge in [-0.1, -0.05) is 53.8 Å². The Morgan fingerprint density at radius 1 is 1.06 bits per heavy atom. The van der Waals surface area contributed by atoms with E-state index in [4.69, 9.17) is 9.47 Å². The maximum Gasteiger partial charge on any atom is 0.337 e. The van der Waals surface area contributed by atoms with Crippen molar-refractivity contribution in [1.82, 2.24) is 10.2 Å². The molecule has 0 radical (unpaired) electrons. The summed E-state index contributed by atoms with van der Waals surface area (Å²) in [5, 5.41) is 12.7. The minimum absolute atomic E-state index is 0.0883. The first-order valence-corrected chi connectivity index (χ1v) is 12.6. The largest absolute Gasteiger partial charge is 0.465 e. The highest BCUT2D eigenvalue weighted by Crippen LogP contribution is 2.29. The summed E-state index contributed by atoms with van der Waals surface area (Å²) >= 11 is 1.42. The molecule has 0 spiro atoms. The van der Waals surface area contributed by atoms with Crippen LogP contribution in [-0.4, -0.2) is 48.9 Å². The first-order chi connectivity index (χ1) is 17.1. The number of ether oxygens (including phenoxy) is 2. The fourth-order valence-corrected chi connectivity index (χ4v) is 4.91. The first-order valence-electron chi connectivity index (χ1n) is 11.8. The average Bonchev–Trinajstić information content (AvgIpc) is 3.35. The van der Waals surface area contributed by atoms with Crippen LogP contribution in [0, 0.1) is 5.92 Å². The zero-order valence-electron chi connectivity index (χ0n) is 19.8. The Balaban J connectivity index is 1.15. The summed E-state index contributed by atoms with van der Waals surface area (Å²) in [5.41, 5.74) is 2.47. The molecule has 0 unspecified atom stereocenters. The lowest BCUT2D eigenvalue weighted by Crippen LogP contribution is -2.33. The van der Waals surface area contributed by atoms with Gasteiger partial charge in [0.2, 0.25) is 16.2 Å². The van der Waals surface area contributed by atoms with E-state index in [1.54, 1.807) is 6.07 Å². The van der Waals surface area contributed by atoms with Crippen molar-refractivity contribution >= 4 is 33.5 Å². The van der Waals surface area contributed by atoms with Gasteiger partial charge in [0.1, 0.15) is 0 Å². The summed E-state index contributed by atoms with van der Waals surface area (Å²) in [6.07, 6.45) is 3.45. The van der Waals surface area contributed by atoms with Crippen LogP contribution in [0.1, 0.15) is 40.7 Å². The number of rotatable bonds is 10. The van der Waals surface area contributed by atoms with Gasteiger partial charge in [-0.2, -0.15) is 0 Å². The van der Waals surface area contributed by atoms with E-state index in [9.17, 15) is 9.59 Å². The van der Waals surface area contributed by atoms with Crippen molar-refractivity contribution in [3.8, 4) is 0 Å². The Morgan fingerprint density at radius 2 is 1.83 bits per heavy atom. The van der Waals surface area contributed by atoms with Crippen molar-refractivity contribution in [3.63, 3.8) is 0 Å². The van der Waals surface area contributed by atoms with Gasteiger partial charge in [0, 0.05) is 19.7 Å². The molecule has 2 heterocycles. The van der Waals surface area contributed by atoms with Gasteiger partial charge in [0.25, 0.3) is 0 Å². The van der Waals surface area contributed by atoms with Gasteiger partial charge in [-0.05, 0) is 48.4 Å². The second-order valence-electron chi connectivity index (χ2n) is 8.56. The van der Waals surface area contributed by atoms with Crippen LogP contribution in [0.4, 0.5) is 10.3 Å². The number of benzene rings is 2. The highest BCUT2D eigenvalue weighted by atomic mass is 32.1. The normalized spacial score (nSPS) is 14.0. The number of hydrogen-bond acceptors (Lipinski definition) is 8. The maximum atomic E-state index is 12.3. The van der Waals surface area contributed by atoms with Crippen molar-refractivity contribution < 1.29 is 19.1 Å². The molecule has 2 aromatic carbocycles. The number of nitrogens with zero attached hydrogens (tertiary/aromatic N) is 3. The zero-order valence-corrected chi connectivity index (χ0v) is 20.6. The molecule has 9 heteroatoms. The van der Waals surface area contributed by atoms with Crippen molar-refractivity contribution in [2.45, 2.75) is 32.3 Å². The fourth-order valence-electron chi connectivity index (χ4n) is 4.10. The van der Waals surface area contributed by atoms with Crippen LogP contribution >= 0.6 is 11.3 Å². The van der Waals surface area contributed by atoms with Gasteiger partial charge >= 0.3 is 5.97 Å². The van der Waals surface area contributed by atoms with E-state index in [-0.39, 0.29) is 11.9 Å². The molecule has 0 atom stereocenters. The van der Waals surface area contributed by atoms with E-state index in [2.05, 4.69) is 20.4 Å². The number of amides is 1. The van der Waals surface area contributed by atoms with Gasteiger partial charge in [-0.15, -0.1) is 10.2 Å². The standard InChI is InChI=1S/C26H30N4O4S/c1-33-24(32)22-9-5-8-21(16-22)18-34-15-12-19-10-13-30(14-11-19)26-29-28-25(35-26)27-23(31)17-20-6-3-2-4-7-20/h2-9,16,19H,10-15,17-18H2,1H3,(H,27,28,31). The van der Waals surface area contributed by atoms with Gasteiger partial charge < -0.3 is 19.7 Å². The predicted molar refractivity (Wildman–Crippen MR) is 136 cm³/mol. The molecule has 35 heavy (non-hydrogen) atoms. The summed E-state index contributed by atoms with van der Waals surface area (Å²) < 4.78 is 10.6. The summed E-state index contributed by atoms with van der Waals surface area (Å²) in [6.45, 7) is 2.99. The van der Waals surface area contributed by atoms with E-state index in [0.717, 1.165) is 48.6 Å². The summed E-state index contributed by atoms with van der Waals surface area (Å²) in [4.78, 5) is 26.2. The number of piperidine rings is 1. The number of esters is 1. The van der Waals surface area contributed by atoms with Crippen molar-refractivity contribution in [2.75, 3.05) is 37.0 Å². The van der Waals surface area contributed by atoms with Crippen molar-refractivity contribution in [1.29, 1.82) is 0 Å². The lowest BCUT2D eigenvalue weighted by Gasteiger charge is -2.31. The van der Waals surface area contributed by atoms with Crippen LogP contribution in [0.2, 0.25) is 0 Å². The minimum Gasteiger partial charge on any atom is -0.465 e. The molecule has 3 aromatic rings. The number of carbonyl (C=O) groups excluding carboxylic acids is 2. The quantitative estimate of drug-likeness (QED) is 0.331. The molecule has 1 N–H and O–H groups in total. The van der Waals surface area contributed by atoms with Crippen molar-refractivity contribution in [3.05, 3.63) is 71.3 Å². The minimum atomic E-state index is -0.337. The van der Waals surface area contributed by atoms with Gasteiger partial charge in [-0.25, -0.2) is 4.79 Å². The third kappa shape index (κ3) is 7.34. The highest BCUT2D eigenvalue weighted by molar-refractivity contribution is 7.19. The second-order valence-corrected chi connectivity index (χ2v) is 9.52. The lowest BCUT2D eigenvalue weighted by molar-refractivity contribution is -0.115. The highest BCUT2D eigenvalue weighted by Gasteiger charge is 2.22. The van der Waals surface area contributed by atoms with E-state index >= 15 is 0 Å².